The first-order valence-corrected chi connectivity index (χ1v) is 11.0. The summed E-state index contributed by atoms with van der Waals surface area (Å²) in [7, 11) is 0. The van der Waals surface area contributed by atoms with Crippen molar-refractivity contribution in [2.45, 2.75) is 44.2 Å². The SMILES string of the molecule is O=C(O)N[C@H]1CCCC[C@H]1NC1=CCC2=NC=C(C(=O)Nc3ccccc3I)C2=N1. The number of hydrogen-bond acceptors (Lipinski definition) is 5. The summed E-state index contributed by atoms with van der Waals surface area (Å²) in [5.74, 6) is 0.406. The molecule has 9 heteroatoms. The van der Waals surface area contributed by atoms with Gasteiger partial charge in [0, 0.05) is 22.2 Å². The molecule has 0 radical (unpaired) electrons. The van der Waals surface area contributed by atoms with Crippen LogP contribution in [0.3, 0.4) is 0 Å². The van der Waals surface area contributed by atoms with E-state index in [4.69, 9.17) is 5.11 Å². The van der Waals surface area contributed by atoms with Gasteiger partial charge in [-0.25, -0.2) is 9.79 Å². The molecule has 2 amide bonds. The van der Waals surface area contributed by atoms with Crippen LogP contribution in [0.15, 0.2) is 57.9 Å². The number of nitrogens with zero attached hydrogens (tertiary/aromatic N) is 2. The fraction of sp³-hybridized carbons (Fsp3) is 0.333. The zero-order valence-electron chi connectivity index (χ0n) is 16.2. The Morgan fingerprint density at radius 1 is 1.13 bits per heavy atom. The summed E-state index contributed by atoms with van der Waals surface area (Å²) in [5, 5.41) is 18.0. The monoisotopic (exact) mass is 519 g/mol. The predicted octanol–water partition coefficient (Wildman–Crippen LogP) is 3.42. The van der Waals surface area contributed by atoms with E-state index in [0.29, 0.717) is 23.5 Å². The van der Waals surface area contributed by atoms with Crippen molar-refractivity contribution in [1.82, 2.24) is 10.6 Å². The number of para-hydroxylation sites is 1. The predicted molar refractivity (Wildman–Crippen MR) is 124 cm³/mol. The van der Waals surface area contributed by atoms with Crippen LogP contribution in [0, 0.1) is 3.57 Å². The topological polar surface area (TPSA) is 115 Å². The lowest BCUT2D eigenvalue weighted by Crippen LogP contribution is -2.51. The van der Waals surface area contributed by atoms with Gasteiger partial charge in [-0.1, -0.05) is 25.0 Å². The molecule has 3 aliphatic rings. The summed E-state index contributed by atoms with van der Waals surface area (Å²) < 4.78 is 0.949. The number of aliphatic imine (C=N–C) groups is 2. The zero-order chi connectivity index (χ0) is 21.1. The molecule has 8 nitrogen and oxygen atoms in total. The van der Waals surface area contributed by atoms with Crippen molar-refractivity contribution in [2.75, 3.05) is 5.32 Å². The van der Waals surface area contributed by atoms with E-state index in [0.717, 1.165) is 40.7 Å². The van der Waals surface area contributed by atoms with Gasteiger partial charge < -0.3 is 21.1 Å². The molecule has 4 rings (SSSR count). The maximum absolute atomic E-state index is 12.8. The van der Waals surface area contributed by atoms with Crippen molar-refractivity contribution in [3.63, 3.8) is 0 Å². The van der Waals surface area contributed by atoms with Crippen LogP contribution >= 0.6 is 22.6 Å². The number of anilines is 1. The second-order valence-corrected chi connectivity index (χ2v) is 8.56. The van der Waals surface area contributed by atoms with E-state index in [-0.39, 0.29) is 18.0 Å². The molecule has 1 aliphatic carbocycles. The van der Waals surface area contributed by atoms with E-state index in [1.54, 1.807) is 6.20 Å². The molecule has 30 heavy (non-hydrogen) atoms. The lowest BCUT2D eigenvalue weighted by Gasteiger charge is -2.33. The summed E-state index contributed by atoms with van der Waals surface area (Å²) in [6.07, 6.45) is 6.75. The highest BCUT2D eigenvalue weighted by atomic mass is 127. The lowest BCUT2D eigenvalue weighted by atomic mass is 9.90. The van der Waals surface area contributed by atoms with Crippen molar-refractivity contribution in [3.8, 4) is 0 Å². The van der Waals surface area contributed by atoms with Crippen LogP contribution in [-0.4, -0.2) is 40.6 Å². The Bertz CT molecular complexity index is 998. The fourth-order valence-electron chi connectivity index (χ4n) is 3.89. The molecule has 1 saturated carbocycles. The van der Waals surface area contributed by atoms with Crippen LogP contribution in [-0.2, 0) is 4.79 Å². The largest absolute Gasteiger partial charge is 0.465 e. The van der Waals surface area contributed by atoms with E-state index < -0.39 is 6.09 Å². The second kappa shape index (κ2) is 8.99. The van der Waals surface area contributed by atoms with Crippen LogP contribution < -0.4 is 16.0 Å². The lowest BCUT2D eigenvalue weighted by molar-refractivity contribution is -0.112. The summed E-state index contributed by atoms with van der Waals surface area (Å²) in [4.78, 5) is 32.9. The zero-order valence-corrected chi connectivity index (χ0v) is 18.3. The Morgan fingerprint density at radius 3 is 2.67 bits per heavy atom. The molecular formula is C21H22IN5O3. The van der Waals surface area contributed by atoms with Crippen molar-refractivity contribution < 1.29 is 14.7 Å². The van der Waals surface area contributed by atoms with Gasteiger partial charge in [-0.2, -0.15) is 0 Å². The average Bonchev–Trinajstić information content (AvgIpc) is 3.14. The Labute approximate surface area is 187 Å². The van der Waals surface area contributed by atoms with Gasteiger partial charge in [0.25, 0.3) is 5.91 Å². The molecule has 0 bridgehead atoms. The van der Waals surface area contributed by atoms with Crippen molar-refractivity contribution in [2.24, 2.45) is 9.98 Å². The summed E-state index contributed by atoms with van der Waals surface area (Å²) in [6.45, 7) is 0. The number of benzene rings is 1. The first-order chi connectivity index (χ1) is 14.5. The molecule has 1 aromatic rings. The van der Waals surface area contributed by atoms with Gasteiger partial charge in [-0.15, -0.1) is 0 Å². The van der Waals surface area contributed by atoms with Gasteiger partial charge in [0.1, 0.15) is 11.5 Å². The van der Waals surface area contributed by atoms with E-state index in [1.807, 2.05) is 30.3 Å². The highest BCUT2D eigenvalue weighted by Crippen LogP contribution is 2.24. The molecule has 0 spiro atoms. The summed E-state index contributed by atoms with van der Waals surface area (Å²) in [6, 6.07) is 7.38. The van der Waals surface area contributed by atoms with Gasteiger partial charge in [-0.05, 0) is 53.6 Å². The summed E-state index contributed by atoms with van der Waals surface area (Å²) in [5.41, 5.74) is 2.51. The third kappa shape index (κ3) is 4.55. The van der Waals surface area contributed by atoms with Crippen LogP contribution in [0.25, 0.3) is 0 Å². The minimum atomic E-state index is -1.01. The molecule has 0 saturated heterocycles. The molecule has 2 aliphatic heterocycles. The van der Waals surface area contributed by atoms with E-state index in [9.17, 15) is 9.59 Å². The van der Waals surface area contributed by atoms with Crippen LogP contribution in [0.5, 0.6) is 0 Å². The smallest absolute Gasteiger partial charge is 0.404 e. The fourth-order valence-corrected chi connectivity index (χ4v) is 4.41. The van der Waals surface area contributed by atoms with Gasteiger partial charge in [0.15, 0.2) is 0 Å². The number of amides is 2. The Morgan fingerprint density at radius 2 is 1.90 bits per heavy atom. The number of fused-ring (bicyclic) bond motifs is 1. The third-order valence-electron chi connectivity index (χ3n) is 5.37. The number of carbonyl (C=O) groups is 2. The first-order valence-electron chi connectivity index (χ1n) is 9.89. The van der Waals surface area contributed by atoms with E-state index >= 15 is 0 Å². The standard InChI is InChI=1S/C21H22IN5O3/c22-13-5-1-2-6-14(13)25-20(28)12-11-23-17-9-10-18(27-19(12)17)24-15-7-3-4-8-16(15)26-21(29)30/h1-2,5-6,10-11,15-16,24,26H,3-4,7-9H2,(H,25,28)(H,29,30)/t15-,16+/m1/s1. The number of carboxylic acid groups (broad SMARTS) is 1. The number of halogens is 1. The highest BCUT2D eigenvalue weighted by molar-refractivity contribution is 14.1. The third-order valence-corrected chi connectivity index (χ3v) is 6.31. The van der Waals surface area contributed by atoms with Crippen molar-refractivity contribution in [3.05, 3.63) is 51.5 Å². The molecule has 2 heterocycles. The Balaban J connectivity index is 1.47. The van der Waals surface area contributed by atoms with Crippen molar-refractivity contribution >= 4 is 51.7 Å². The average molecular weight is 519 g/mol. The number of hydrogen-bond donors (Lipinski definition) is 4. The van der Waals surface area contributed by atoms with E-state index in [2.05, 4.69) is 48.5 Å². The molecule has 1 fully saturated rings. The van der Waals surface area contributed by atoms with Gasteiger partial charge >= 0.3 is 6.09 Å². The molecular weight excluding hydrogens is 497 g/mol. The Hall–Kier alpha value is -2.69. The maximum atomic E-state index is 12.8. The summed E-state index contributed by atoms with van der Waals surface area (Å²) >= 11 is 2.18. The number of allylic oxidation sites excluding steroid dienone is 1. The molecule has 156 valence electrons. The van der Waals surface area contributed by atoms with Crippen LogP contribution in [0.1, 0.15) is 32.1 Å². The first kappa shape index (κ1) is 20.6. The van der Waals surface area contributed by atoms with Gasteiger partial charge in [0.05, 0.1) is 23.0 Å². The Kier molecular flexibility index (Phi) is 6.16. The molecule has 0 aromatic heterocycles. The molecule has 0 unspecified atom stereocenters. The normalized spacial score (nSPS) is 22.7. The molecule has 2 atom stereocenters. The molecule has 1 aromatic carbocycles. The second-order valence-electron chi connectivity index (χ2n) is 7.40. The van der Waals surface area contributed by atoms with Crippen LogP contribution in [0.2, 0.25) is 0 Å². The minimum Gasteiger partial charge on any atom is -0.465 e. The minimum absolute atomic E-state index is 0.0301. The van der Waals surface area contributed by atoms with Crippen molar-refractivity contribution in [1.29, 1.82) is 0 Å². The van der Waals surface area contributed by atoms with Gasteiger partial charge in [-0.3, -0.25) is 9.79 Å². The van der Waals surface area contributed by atoms with Gasteiger partial charge in [0.2, 0.25) is 0 Å². The quantitative estimate of drug-likeness (QED) is 0.447. The number of nitrogens with one attached hydrogen (secondary N) is 3. The molecule has 4 N–H and O–H groups in total. The van der Waals surface area contributed by atoms with E-state index in [1.165, 1.54) is 0 Å². The maximum Gasteiger partial charge on any atom is 0.404 e. The van der Waals surface area contributed by atoms with Crippen LogP contribution in [0.4, 0.5) is 10.5 Å². The number of carbonyl (C=O) groups excluding carboxylic acids is 1. The number of rotatable bonds is 5. The highest BCUT2D eigenvalue weighted by Gasteiger charge is 2.30.